The lowest BCUT2D eigenvalue weighted by Crippen LogP contribution is -2.40. The van der Waals surface area contributed by atoms with Gasteiger partial charge in [0.15, 0.2) is 11.5 Å². The molecule has 2 aromatic rings. The fraction of sp³-hybridized carbons (Fsp3) is 0.450. The fourth-order valence-electron chi connectivity index (χ4n) is 3.20. The summed E-state index contributed by atoms with van der Waals surface area (Å²) >= 11 is 0. The predicted molar refractivity (Wildman–Crippen MR) is 102 cm³/mol. The number of methoxy groups -OCH3 is 1. The number of para-hydroxylation sites is 2. The highest BCUT2D eigenvalue weighted by Gasteiger charge is 2.26. The predicted octanol–water partition coefficient (Wildman–Crippen LogP) is 2.55. The number of rotatable bonds is 6. The van der Waals surface area contributed by atoms with E-state index in [1.54, 1.807) is 38.5 Å². The Morgan fingerprint density at radius 3 is 2.48 bits per heavy atom. The highest BCUT2D eigenvalue weighted by Crippen LogP contribution is 2.36. The first-order chi connectivity index (χ1) is 13.1. The molecular formula is C20H26N4O3. The molecule has 7 heteroatoms. The third-order valence-electron chi connectivity index (χ3n) is 4.80. The van der Waals surface area contributed by atoms with Crippen molar-refractivity contribution in [3.05, 3.63) is 42.4 Å². The summed E-state index contributed by atoms with van der Waals surface area (Å²) in [7, 11) is 5.19. The van der Waals surface area contributed by atoms with E-state index < -0.39 is 0 Å². The van der Waals surface area contributed by atoms with Crippen molar-refractivity contribution >= 4 is 5.91 Å². The number of ether oxygens (including phenoxy) is 2. The van der Waals surface area contributed by atoms with Crippen molar-refractivity contribution in [1.82, 2.24) is 19.8 Å². The molecule has 27 heavy (non-hydrogen) atoms. The van der Waals surface area contributed by atoms with E-state index in [2.05, 4.69) is 14.9 Å². The Morgan fingerprint density at radius 1 is 1.15 bits per heavy atom. The van der Waals surface area contributed by atoms with Gasteiger partial charge >= 0.3 is 0 Å². The van der Waals surface area contributed by atoms with Gasteiger partial charge in [-0.1, -0.05) is 12.1 Å². The third-order valence-corrected chi connectivity index (χ3v) is 4.80. The summed E-state index contributed by atoms with van der Waals surface area (Å²) in [6, 6.07) is 7.50. The molecule has 0 aliphatic carbocycles. The van der Waals surface area contributed by atoms with Crippen LogP contribution in [-0.4, -0.2) is 66.5 Å². The van der Waals surface area contributed by atoms with Gasteiger partial charge in [0, 0.05) is 32.4 Å². The van der Waals surface area contributed by atoms with Crippen LogP contribution in [0.25, 0.3) is 0 Å². The zero-order valence-electron chi connectivity index (χ0n) is 16.1. The molecule has 2 heterocycles. The van der Waals surface area contributed by atoms with Gasteiger partial charge in [-0.2, -0.15) is 0 Å². The van der Waals surface area contributed by atoms with Crippen LogP contribution in [0.1, 0.15) is 24.5 Å². The van der Waals surface area contributed by atoms with Crippen molar-refractivity contribution in [2.75, 3.05) is 40.8 Å². The van der Waals surface area contributed by atoms with Crippen LogP contribution in [0.4, 0.5) is 0 Å². The Balaban J connectivity index is 1.69. The molecular weight excluding hydrogens is 344 g/mol. The summed E-state index contributed by atoms with van der Waals surface area (Å²) in [5.74, 6) is 2.19. The summed E-state index contributed by atoms with van der Waals surface area (Å²) < 4.78 is 11.4. The summed E-state index contributed by atoms with van der Waals surface area (Å²) in [5, 5.41) is 0. The number of likely N-dealkylation sites (N-methyl/N-ethyl adjacent to an activating group) is 1. The molecule has 1 saturated heterocycles. The molecule has 0 unspecified atom stereocenters. The van der Waals surface area contributed by atoms with Crippen LogP contribution in [0.2, 0.25) is 0 Å². The van der Waals surface area contributed by atoms with E-state index in [0.717, 1.165) is 31.6 Å². The number of amides is 1. The minimum Gasteiger partial charge on any atom is -0.493 e. The lowest BCUT2D eigenvalue weighted by molar-refractivity contribution is -0.130. The molecule has 1 amide bonds. The zero-order chi connectivity index (χ0) is 19.2. The summed E-state index contributed by atoms with van der Waals surface area (Å²) in [6.45, 7) is 2.18. The molecule has 0 N–H and O–H groups in total. The SMILES string of the molecule is COc1ccccc1Oc1nccnc1C1CCN(CC(=O)N(C)C)CC1. The fourth-order valence-corrected chi connectivity index (χ4v) is 3.20. The highest BCUT2D eigenvalue weighted by molar-refractivity contribution is 5.77. The third kappa shape index (κ3) is 4.74. The average molecular weight is 370 g/mol. The molecule has 144 valence electrons. The largest absolute Gasteiger partial charge is 0.493 e. The topological polar surface area (TPSA) is 67.8 Å². The van der Waals surface area contributed by atoms with Crippen LogP contribution in [0.5, 0.6) is 17.4 Å². The van der Waals surface area contributed by atoms with Gasteiger partial charge in [-0.3, -0.25) is 14.7 Å². The van der Waals surface area contributed by atoms with Crippen molar-refractivity contribution in [2.45, 2.75) is 18.8 Å². The van der Waals surface area contributed by atoms with Gasteiger partial charge in [-0.05, 0) is 38.1 Å². The summed E-state index contributed by atoms with van der Waals surface area (Å²) in [5.41, 5.74) is 0.863. The van der Waals surface area contributed by atoms with E-state index in [4.69, 9.17) is 9.47 Å². The number of likely N-dealkylation sites (tertiary alicyclic amines) is 1. The van der Waals surface area contributed by atoms with E-state index in [1.807, 2.05) is 24.3 Å². The Bertz CT molecular complexity index is 773. The molecule has 0 spiro atoms. The summed E-state index contributed by atoms with van der Waals surface area (Å²) in [6.07, 6.45) is 5.18. The average Bonchev–Trinajstić information content (AvgIpc) is 2.69. The lowest BCUT2D eigenvalue weighted by Gasteiger charge is -2.32. The van der Waals surface area contributed by atoms with Gasteiger partial charge in [0.1, 0.15) is 5.69 Å². The van der Waals surface area contributed by atoms with Gasteiger partial charge in [0.2, 0.25) is 11.8 Å². The van der Waals surface area contributed by atoms with Crippen molar-refractivity contribution in [1.29, 1.82) is 0 Å². The molecule has 1 fully saturated rings. The van der Waals surface area contributed by atoms with Crippen molar-refractivity contribution in [2.24, 2.45) is 0 Å². The molecule has 3 rings (SSSR count). The maximum atomic E-state index is 11.9. The van der Waals surface area contributed by atoms with Gasteiger partial charge in [-0.25, -0.2) is 4.98 Å². The normalized spacial score (nSPS) is 15.4. The second-order valence-electron chi connectivity index (χ2n) is 6.84. The number of aromatic nitrogens is 2. The maximum Gasteiger partial charge on any atom is 0.241 e. The lowest BCUT2D eigenvalue weighted by atomic mass is 9.93. The molecule has 7 nitrogen and oxygen atoms in total. The van der Waals surface area contributed by atoms with E-state index in [1.165, 1.54) is 0 Å². The van der Waals surface area contributed by atoms with E-state index in [0.29, 0.717) is 23.9 Å². The molecule has 0 saturated carbocycles. The number of benzene rings is 1. The molecule has 1 aliphatic heterocycles. The Hall–Kier alpha value is -2.67. The maximum absolute atomic E-state index is 11.9. The molecule has 1 aromatic heterocycles. The van der Waals surface area contributed by atoms with Crippen LogP contribution in [0.15, 0.2) is 36.7 Å². The summed E-state index contributed by atoms with van der Waals surface area (Å²) in [4.78, 5) is 24.7. The van der Waals surface area contributed by atoms with Gasteiger partial charge in [0.05, 0.1) is 13.7 Å². The Morgan fingerprint density at radius 2 is 1.81 bits per heavy atom. The number of carbonyl (C=O) groups excluding carboxylic acids is 1. The van der Waals surface area contributed by atoms with Crippen LogP contribution in [0.3, 0.4) is 0 Å². The number of hydrogen-bond donors (Lipinski definition) is 0. The Labute approximate surface area is 159 Å². The van der Waals surface area contributed by atoms with Crippen LogP contribution < -0.4 is 9.47 Å². The van der Waals surface area contributed by atoms with Crippen LogP contribution in [-0.2, 0) is 4.79 Å². The first-order valence-electron chi connectivity index (χ1n) is 9.12. The standard InChI is InChI=1S/C20H26N4O3/c1-23(2)18(25)14-24-12-8-15(9-13-24)19-20(22-11-10-21-19)27-17-7-5-4-6-16(17)26-3/h4-7,10-11,15H,8-9,12-14H2,1-3H3. The molecule has 1 aliphatic rings. The number of hydrogen-bond acceptors (Lipinski definition) is 6. The number of carbonyl (C=O) groups is 1. The van der Waals surface area contributed by atoms with Crippen LogP contribution in [0, 0.1) is 0 Å². The van der Waals surface area contributed by atoms with E-state index >= 15 is 0 Å². The highest BCUT2D eigenvalue weighted by atomic mass is 16.5. The van der Waals surface area contributed by atoms with Gasteiger partial charge in [0.25, 0.3) is 0 Å². The molecule has 1 aromatic carbocycles. The Kier molecular flexibility index (Phi) is 6.24. The smallest absolute Gasteiger partial charge is 0.241 e. The van der Waals surface area contributed by atoms with Crippen molar-refractivity contribution in [3.63, 3.8) is 0 Å². The van der Waals surface area contributed by atoms with E-state index in [9.17, 15) is 4.79 Å². The minimum atomic E-state index is 0.133. The molecule has 0 atom stereocenters. The molecule has 0 bridgehead atoms. The second kappa shape index (κ2) is 8.81. The first-order valence-corrected chi connectivity index (χ1v) is 9.12. The van der Waals surface area contributed by atoms with Crippen molar-refractivity contribution in [3.8, 4) is 17.4 Å². The second-order valence-corrected chi connectivity index (χ2v) is 6.84. The van der Waals surface area contributed by atoms with E-state index in [-0.39, 0.29) is 11.8 Å². The van der Waals surface area contributed by atoms with Gasteiger partial charge < -0.3 is 14.4 Å². The zero-order valence-corrected chi connectivity index (χ0v) is 16.1. The molecule has 0 radical (unpaired) electrons. The minimum absolute atomic E-state index is 0.133. The number of nitrogens with zero attached hydrogens (tertiary/aromatic N) is 4. The monoisotopic (exact) mass is 370 g/mol. The quantitative estimate of drug-likeness (QED) is 0.778. The van der Waals surface area contributed by atoms with Gasteiger partial charge in [-0.15, -0.1) is 0 Å². The number of piperidine rings is 1. The first kappa shape index (κ1) is 19.1. The van der Waals surface area contributed by atoms with Crippen LogP contribution >= 0.6 is 0 Å². The van der Waals surface area contributed by atoms with Crippen molar-refractivity contribution < 1.29 is 14.3 Å².